The summed E-state index contributed by atoms with van der Waals surface area (Å²) in [6.45, 7) is 2.20. The van der Waals surface area contributed by atoms with Crippen molar-refractivity contribution in [3.8, 4) is 5.69 Å². The average Bonchev–Trinajstić information content (AvgIpc) is 3.26. The first kappa shape index (κ1) is 20.7. The normalized spacial score (nSPS) is 14.8. The molecule has 160 valence electrons. The number of hydrogen-bond acceptors (Lipinski definition) is 6. The van der Waals surface area contributed by atoms with Crippen molar-refractivity contribution in [2.45, 2.75) is 30.0 Å². The van der Waals surface area contributed by atoms with Gasteiger partial charge in [-0.2, -0.15) is 0 Å². The van der Waals surface area contributed by atoms with Crippen molar-refractivity contribution < 1.29 is 4.79 Å². The van der Waals surface area contributed by atoms with E-state index in [1.54, 1.807) is 30.2 Å². The summed E-state index contributed by atoms with van der Waals surface area (Å²) in [5.74, 6) is -0.372. The molecule has 0 saturated heterocycles. The highest BCUT2D eigenvalue weighted by atomic mass is 32.2. The summed E-state index contributed by atoms with van der Waals surface area (Å²) in [5.41, 5.74) is 3.49. The van der Waals surface area contributed by atoms with Crippen LogP contribution in [0.4, 0.5) is 0 Å². The lowest BCUT2D eigenvalue weighted by molar-refractivity contribution is 0.0948. The van der Waals surface area contributed by atoms with Crippen molar-refractivity contribution in [3.05, 3.63) is 104 Å². The molecule has 0 radical (unpaired) electrons. The molecule has 0 saturated carbocycles. The Balaban J connectivity index is 1.65. The molecule has 0 fully saturated rings. The minimum Gasteiger partial charge on any atom is -0.345 e. The number of carbonyl (C=O) groups is 1. The van der Waals surface area contributed by atoms with E-state index in [4.69, 9.17) is 0 Å². The van der Waals surface area contributed by atoms with Gasteiger partial charge < -0.3 is 9.88 Å². The van der Waals surface area contributed by atoms with Crippen LogP contribution in [0.15, 0.2) is 76.1 Å². The van der Waals surface area contributed by atoms with Crippen LogP contribution in [0, 0.1) is 6.92 Å². The molecule has 0 aliphatic carbocycles. The van der Waals surface area contributed by atoms with Gasteiger partial charge in [0.25, 0.3) is 5.91 Å². The lowest BCUT2D eigenvalue weighted by atomic mass is 10.0. The fraction of sp³-hybridized carbons (Fsp3) is 0.167. The molecule has 1 aliphatic heterocycles. The molecule has 32 heavy (non-hydrogen) atoms. The number of pyridine rings is 2. The fourth-order valence-corrected chi connectivity index (χ4v) is 5.83. The molecule has 1 unspecified atom stereocenters. The van der Waals surface area contributed by atoms with E-state index < -0.39 is 0 Å². The van der Waals surface area contributed by atoms with Gasteiger partial charge in [0, 0.05) is 58.0 Å². The van der Waals surface area contributed by atoms with Gasteiger partial charge in [-0.1, -0.05) is 18.2 Å². The fourth-order valence-electron chi connectivity index (χ4n) is 4.01. The van der Waals surface area contributed by atoms with Crippen LogP contribution >= 0.6 is 23.1 Å². The molecule has 8 heteroatoms. The zero-order valence-corrected chi connectivity index (χ0v) is 19.0. The van der Waals surface area contributed by atoms with Gasteiger partial charge in [0.15, 0.2) is 5.43 Å². The number of amides is 1. The number of hydrogen-bond donors (Lipinski definition) is 1. The minimum atomic E-state index is -0.372. The van der Waals surface area contributed by atoms with Gasteiger partial charge in [-0.25, -0.2) is 4.98 Å². The van der Waals surface area contributed by atoms with E-state index in [2.05, 4.69) is 25.9 Å². The van der Waals surface area contributed by atoms with Crippen molar-refractivity contribution in [2.24, 2.45) is 0 Å². The number of rotatable bonds is 4. The second-order valence-corrected chi connectivity index (χ2v) is 9.70. The standard InChI is InChI=1S/C24H20N4O2S2/c1-15-11-19(29)23(24(30)27-14-22-26-9-10-31-22)18-12-21(16-5-4-8-25-13-16)32-20-7-3-2-6-17(20)28(15)18/h2-11,13,21H,12,14H2,1H3,(H,27,30). The molecule has 1 aliphatic rings. The lowest BCUT2D eigenvalue weighted by Gasteiger charge is -2.20. The smallest absolute Gasteiger partial charge is 0.257 e. The van der Waals surface area contributed by atoms with Gasteiger partial charge >= 0.3 is 0 Å². The van der Waals surface area contributed by atoms with Gasteiger partial charge in [-0.3, -0.25) is 14.6 Å². The molecule has 1 aromatic carbocycles. The number of para-hydroxylation sites is 1. The number of benzene rings is 1. The Labute approximate surface area is 193 Å². The molecule has 1 amide bonds. The zero-order chi connectivity index (χ0) is 22.1. The highest BCUT2D eigenvalue weighted by molar-refractivity contribution is 7.99. The minimum absolute atomic E-state index is 0.0188. The van der Waals surface area contributed by atoms with Gasteiger partial charge in [-0.15, -0.1) is 23.1 Å². The summed E-state index contributed by atoms with van der Waals surface area (Å²) in [6, 6.07) is 13.6. The van der Waals surface area contributed by atoms with Crippen molar-refractivity contribution in [3.63, 3.8) is 0 Å². The molecule has 1 N–H and O–H groups in total. The maximum absolute atomic E-state index is 13.2. The first-order valence-electron chi connectivity index (χ1n) is 10.2. The Morgan fingerprint density at radius 3 is 2.88 bits per heavy atom. The summed E-state index contributed by atoms with van der Waals surface area (Å²) in [6.07, 6.45) is 5.83. The third-order valence-corrected chi connectivity index (χ3v) is 7.52. The zero-order valence-electron chi connectivity index (χ0n) is 17.3. The molecule has 6 nitrogen and oxygen atoms in total. The third kappa shape index (κ3) is 3.87. The Bertz CT molecular complexity index is 1330. The number of fused-ring (bicyclic) bond motifs is 3. The van der Waals surface area contributed by atoms with Crippen LogP contribution in [-0.2, 0) is 13.0 Å². The van der Waals surface area contributed by atoms with E-state index in [1.807, 2.05) is 48.8 Å². The number of carbonyl (C=O) groups excluding carboxylic acids is 1. The van der Waals surface area contributed by atoms with Crippen LogP contribution in [0.25, 0.3) is 5.69 Å². The van der Waals surface area contributed by atoms with Crippen molar-refractivity contribution >= 4 is 29.0 Å². The van der Waals surface area contributed by atoms with Gasteiger partial charge in [0.1, 0.15) is 10.6 Å². The van der Waals surface area contributed by atoms with E-state index in [1.165, 1.54) is 11.3 Å². The first-order valence-corrected chi connectivity index (χ1v) is 12.0. The second-order valence-electron chi connectivity index (χ2n) is 7.48. The number of thioether (sulfide) groups is 1. The maximum Gasteiger partial charge on any atom is 0.257 e. The largest absolute Gasteiger partial charge is 0.345 e. The molecule has 0 spiro atoms. The Morgan fingerprint density at radius 2 is 2.09 bits per heavy atom. The molecule has 3 aromatic heterocycles. The van der Waals surface area contributed by atoms with E-state index in [0.717, 1.165) is 32.5 Å². The average molecular weight is 461 g/mol. The highest BCUT2D eigenvalue weighted by Gasteiger charge is 2.29. The van der Waals surface area contributed by atoms with Crippen LogP contribution < -0.4 is 10.7 Å². The Morgan fingerprint density at radius 1 is 1.22 bits per heavy atom. The van der Waals surface area contributed by atoms with E-state index in [9.17, 15) is 9.59 Å². The summed E-state index contributed by atoms with van der Waals surface area (Å²) in [4.78, 5) is 35.9. The van der Waals surface area contributed by atoms with Crippen molar-refractivity contribution in [2.75, 3.05) is 0 Å². The predicted octanol–water partition coefficient (Wildman–Crippen LogP) is 4.32. The van der Waals surface area contributed by atoms with E-state index in [-0.39, 0.29) is 22.1 Å². The van der Waals surface area contributed by atoms with Crippen LogP contribution in [-0.4, -0.2) is 20.4 Å². The van der Waals surface area contributed by atoms with Crippen LogP contribution in [0.5, 0.6) is 0 Å². The summed E-state index contributed by atoms with van der Waals surface area (Å²) >= 11 is 3.20. The molecule has 0 bridgehead atoms. The van der Waals surface area contributed by atoms with Gasteiger partial charge in [0.2, 0.25) is 0 Å². The number of nitrogens with one attached hydrogen (secondary N) is 1. The van der Waals surface area contributed by atoms with Gasteiger partial charge in [0.05, 0.1) is 12.2 Å². The summed E-state index contributed by atoms with van der Waals surface area (Å²) in [7, 11) is 0. The SMILES string of the molecule is Cc1cc(=O)c(C(=O)NCc2nccs2)c2n1-c1ccccc1SC(c1cccnc1)C2. The highest BCUT2D eigenvalue weighted by Crippen LogP contribution is 2.44. The quantitative estimate of drug-likeness (QED) is 0.491. The molecule has 1 atom stereocenters. The number of nitrogens with zero attached hydrogens (tertiary/aromatic N) is 3. The number of thiazole rings is 1. The lowest BCUT2D eigenvalue weighted by Crippen LogP contribution is -2.32. The monoisotopic (exact) mass is 460 g/mol. The van der Waals surface area contributed by atoms with Crippen molar-refractivity contribution in [1.82, 2.24) is 19.9 Å². The third-order valence-electron chi connectivity index (χ3n) is 5.42. The summed E-state index contributed by atoms with van der Waals surface area (Å²) < 4.78 is 2.05. The topological polar surface area (TPSA) is 76.9 Å². The molecule has 4 heterocycles. The number of aromatic nitrogens is 3. The Kier molecular flexibility index (Phi) is 5.63. The maximum atomic E-state index is 13.2. The Hall–Kier alpha value is -3.23. The predicted molar refractivity (Wildman–Crippen MR) is 127 cm³/mol. The van der Waals surface area contributed by atoms with Crippen LogP contribution in [0.2, 0.25) is 0 Å². The molecular formula is C24H20N4O2S2. The van der Waals surface area contributed by atoms with Crippen LogP contribution in [0.3, 0.4) is 0 Å². The second kappa shape index (κ2) is 8.72. The molecular weight excluding hydrogens is 440 g/mol. The first-order chi connectivity index (χ1) is 15.6. The van der Waals surface area contributed by atoms with Gasteiger partial charge in [-0.05, 0) is 30.7 Å². The number of aryl methyl sites for hydroxylation is 1. The van der Waals surface area contributed by atoms with Crippen LogP contribution in [0.1, 0.15) is 37.6 Å². The summed E-state index contributed by atoms with van der Waals surface area (Å²) in [5, 5.41) is 5.57. The molecule has 4 aromatic rings. The van der Waals surface area contributed by atoms with E-state index in [0.29, 0.717) is 13.0 Å². The van der Waals surface area contributed by atoms with Crippen molar-refractivity contribution in [1.29, 1.82) is 0 Å². The molecule has 5 rings (SSSR count). The van der Waals surface area contributed by atoms with E-state index >= 15 is 0 Å².